The largest absolute Gasteiger partial charge is 0.439 e. The van der Waals surface area contributed by atoms with Crippen molar-refractivity contribution in [3.63, 3.8) is 0 Å². The van der Waals surface area contributed by atoms with Crippen molar-refractivity contribution in [2.24, 2.45) is 0 Å². The fourth-order valence-corrected chi connectivity index (χ4v) is 2.07. The molecule has 20 heavy (non-hydrogen) atoms. The summed E-state index contributed by atoms with van der Waals surface area (Å²) in [6, 6.07) is 3.29. The second-order valence-corrected chi connectivity index (χ2v) is 5.12. The van der Waals surface area contributed by atoms with Crippen LogP contribution in [0.5, 0.6) is 0 Å². The third-order valence-electron chi connectivity index (χ3n) is 2.89. The lowest BCUT2D eigenvalue weighted by molar-refractivity contribution is -0.137. The molecule has 0 fully saturated rings. The summed E-state index contributed by atoms with van der Waals surface area (Å²) in [5.41, 5.74) is -0.405. The molecule has 3 nitrogen and oxygen atoms in total. The van der Waals surface area contributed by atoms with Gasteiger partial charge in [0.15, 0.2) is 5.76 Å². The molecular formula is C13H12BrF3N2O. The Kier molecular flexibility index (Phi) is 4.19. The molecule has 0 spiro atoms. The topological polar surface area (TPSA) is 38.1 Å². The van der Waals surface area contributed by atoms with Gasteiger partial charge in [-0.25, -0.2) is 4.98 Å². The van der Waals surface area contributed by atoms with Crippen LogP contribution in [0.1, 0.15) is 24.4 Å². The normalized spacial score (nSPS) is 13.5. The molecule has 1 aromatic heterocycles. The van der Waals surface area contributed by atoms with E-state index >= 15 is 0 Å². The monoisotopic (exact) mass is 348 g/mol. The lowest BCUT2D eigenvalue weighted by Crippen LogP contribution is -2.12. The van der Waals surface area contributed by atoms with Gasteiger partial charge in [0, 0.05) is 10.0 Å². The Morgan fingerprint density at radius 2 is 2.05 bits per heavy atom. The quantitative estimate of drug-likeness (QED) is 0.893. The molecule has 0 radical (unpaired) electrons. The lowest BCUT2D eigenvalue weighted by Gasteiger charge is -2.09. The van der Waals surface area contributed by atoms with Gasteiger partial charge in [0.05, 0.1) is 17.8 Å². The number of rotatable bonds is 3. The Hall–Kier alpha value is -1.34. The maximum Gasteiger partial charge on any atom is 0.416 e. The molecular weight excluding hydrogens is 337 g/mol. The molecule has 7 heteroatoms. The number of nitrogens with zero attached hydrogens (tertiary/aromatic N) is 1. The molecule has 0 aliphatic rings. The van der Waals surface area contributed by atoms with Crippen LogP contribution in [0, 0.1) is 0 Å². The van der Waals surface area contributed by atoms with Crippen LogP contribution in [0.4, 0.5) is 13.2 Å². The van der Waals surface area contributed by atoms with Crippen molar-refractivity contribution < 1.29 is 17.6 Å². The molecule has 1 heterocycles. The minimum absolute atomic E-state index is 0.117. The number of aromatic nitrogens is 1. The molecule has 2 rings (SSSR count). The first kappa shape index (κ1) is 15.1. The van der Waals surface area contributed by atoms with Crippen LogP contribution in [0.25, 0.3) is 11.3 Å². The van der Waals surface area contributed by atoms with Crippen molar-refractivity contribution in [1.29, 1.82) is 0 Å². The van der Waals surface area contributed by atoms with E-state index < -0.39 is 11.7 Å². The van der Waals surface area contributed by atoms with Crippen LogP contribution in [0.3, 0.4) is 0 Å². The first-order chi connectivity index (χ1) is 9.32. The van der Waals surface area contributed by atoms with Crippen LogP contribution in [-0.2, 0) is 6.18 Å². The Balaban J connectivity index is 2.44. The molecule has 1 atom stereocenters. The Morgan fingerprint density at radius 3 is 2.65 bits per heavy atom. The zero-order chi connectivity index (χ0) is 14.9. The highest BCUT2D eigenvalue weighted by Crippen LogP contribution is 2.36. The molecule has 2 aromatic rings. The highest BCUT2D eigenvalue weighted by Gasteiger charge is 2.31. The van der Waals surface area contributed by atoms with Crippen molar-refractivity contribution >= 4 is 15.9 Å². The van der Waals surface area contributed by atoms with E-state index in [1.165, 1.54) is 12.3 Å². The highest BCUT2D eigenvalue weighted by molar-refractivity contribution is 9.10. The Labute approximate surface area is 122 Å². The number of hydrogen-bond acceptors (Lipinski definition) is 3. The maximum atomic E-state index is 12.7. The van der Waals surface area contributed by atoms with Crippen molar-refractivity contribution in [1.82, 2.24) is 10.3 Å². The smallest absolute Gasteiger partial charge is 0.416 e. The summed E-state index contributed by atoms with van der Waals surface area (Å²) in [6.45, 7) is 1.84. The van der Waals surface area contributed by atoms with Gasteiger partial charge in [-0.2, -0.15) is 13.2 Å². The SMILES string of the molecule is CNC(C)c1ncc(-c2cc(C(F)(F)F)ccc2Br)o1. The second kappa shape index (κ2) is 5.57. The average molecular weight is 349 g/mol. The molecule has 0 saturated heterocycles. The summed E-state index contributed by atoms with van der Waals surface area (Å²) < 4.78 is 44.2. The van der Waals surface area contributed by atoms with Crippen LogP contribution < -0.4 is 5.32 Å². The number of oxazole rings is 1. The molecule has 108 valence electrons. The standard InChI is InChI=1S/C13H12BrF3N2O/c1-7(18-2)12-19-6-11(20-12)9-5-8(13(15,16)17)3-4-10(9)14/h3-7,18H,1-2H3. The summed E-state index contributed by atoms with van der Waals surface area (Å²) in [6.07, 6.45) is -2.97. The minimum atomic E-state index is -4.39. The minimum Gasteiger partial charge on any atom is -0.439 e. The van der Waals surface area contributed by atoms with Gasteiger partial charge in [-0.15, -0.1) is 0 Å². The van der Waals surface area contributed by atoms with Gasteiger partial charge in [-0.1, -0.05) is 15.9 Å². The van der Waals surface area contributed by atoms with E-state index in [0.29, 0.717) is 21.7 Å². The number of nitrogens with one attached hydrogen (secondary N) is 1. The Morgan fingerprint density at radius 1 is 1.35 bits per heavy atom. The van der Waals surface area contributed by atoms with Crippen molar-refractivity contribution in [3.05, 3.63) is 40.3 Å². The zero-order valence-corrected chi connectivity index (χ0v) is 12.3. The Bertz CT molecular complexity index is 610. The van der Waals surface area contributed by atoms with Crippen molar-refractivity contribution in [2.75, 3.05) is 7.05 Å². The predicted molar refractivity (Wildman–Crippen MR) is 72.1 cm³/mol. The van der Waals surface area contributed by atoms with Crippen LogP contribution in [0.2, 0.25) is 0 Å². The van der Waals surface area contributed by atoms with E-state index in [1.54, 1.807) is 7.05 Å². The molecule has 1 unspecified atom stereocenters. The van der Waals surface area contributed by atoms with Gasteiger partial charge in [-0.05, 0) is 32.2 Å². The van der Waals surface area contributed by atoms with E-state index in [1.807, 2.05) is 6.92 Å². The summed E-state index contributed by atoms with van der Waals surface area (Å²) in [5, 5.41) is 2.95. The summed E-state index contributed by atoms with van der Waals surface area (Å²) in [5.74, 6) is 0.715. The average Bonchev–Trinajstić information content (AvgIpc) is 2.86. The molecule has 0 aliphatic carbocycles. The van der Waals surface area contributed by atoms with E-state index in [9.17, 15) is 13.2 Å². The maximum absolute atomic E-state index is 12.7. The third-order valence-corrected chi connectivity index (χ3v) is 3.58. The fourth-order valence-electron chi connectivity index (χ4n) is 1.63. The van der Waals surface area contributed by atoms with Crippen molar-refractivity contribution in [2.45, 2.75) is 19.1 Å². The zero-order valence-electron chi connectivity index (χ0n) is 10.8. The van der Waals surface area contributed by atoms with E-state index in [0.717, 1.165) is 12.1 Å². The second-order valence-electron chi connectivity index (χ2n) is 4.27. The van der Waals surface area contributed by atoms with Crippen LogP contribution in [0.15, 0.2) is 33.3 Å². The first-order valence-electron chi connectivity index (χ1n) is 5.83. The molecule has 1 N–H and O–H groups in total. The summed E-state index contributed by atoms with van der Waals surface area (Å²) in [7, 11) is 1.74. The molecule has 1 aromatic carbocycles. The number of halogens is 4. The molecule has 0 aliphatic heterocycles. The van der Waals surface area contributed by atoms with Gasteiger partial charge in [0.25, 0.3) is 0 Å². The fraction of sp³-hybridized carbons (Fsp3) is 0.308. The lowest BCUT2D eigenvalue weighted by atomic mass is 10.1. The van der Waals surface area contributed by atoms with Crippen molar-refractivity contribution in [3.8, 4) is 11.3 Å². The van der Waals surface area contributed by atoms with Gasteiger partial charge in [0.2, 0.25) is 5.89 Å². The van der Waals surface area contributed by atoms with E-state index in [2.05, 4.69) is 26.2 Å². The third kappa shape index (κ3) is 3.04. The highest BCUT2D eigenvalue weighted by atomic mass is 79.9. The molecule has 0 bridgehead atoms. The summed E-state index contributed by atoms with van der Waals surface area (Å²) >= 11 is 3.23. The van der Waals surface area contributed by atoms with Gasteiger partial charge < -0.3 is 9.73 Å². The molecule has 0 saturated carbocycles. The van der Waals surface area contributed by atoms with Gasteiger partial charge in [-0.3, -0.25) is 0 Å². The van der Waals surface area contributed by atoms with Gasteiger partial charge >= 0.3 is 6.18 Å². The van der Waals surface area contributed by atoms with E-state index in [4.69, 9.17) is 4.42 Å². The number of hydrogen-bond donors (Lipinski definition) is 1. The first-order valence-corrected chi connectivity index (χ1v) is 6.62. The van der Waals surface area contributed by atoms with Crippen LogP contribution >= 0.6 is 15.9 Å². The number of alkyl halides is 3. The van der Waals surface area contributed by atoms with Crippen LogP contribution in [-0.4, -0.2) is 12.0 Å². The number of benzene rings is 1. The predicted octanol–water partition coefficient (Wildman–Crippen LogP) is 4.40. The van der Waals surface area contributed by atoms with Gasteiger partial charge in [0.1, 0.15) is 0 Å². The summed E-state index contributed by atoms with van der Waals surface area (Å²) in [4.78, 5) is 4.07. The van der Waals surface area contributed by atoms with E-state index in [-0.39, 0.29) is 6.04 Å². The molecule has 0 amide bonds.